The Morgan fingerprint density at radius 2 is 1.97 bits per heavy atom. The highest BCUT2D eigenvalue weighted by atomic mass is 79.9. The molecule has 1 aromatic heterocycles. The fourth-order valence-electron chi connectivity index (χ4n) is 4.81. The molecule has 0 saturated carbocycles. The Morgan fingerprint density at radius 1 is 1.28 bits per heavy atom. The number of aromatic nitrogens is 1. The molecule has 1 aliphatic rings. The van der Waals surface area contributed by atoms with Crippen LogP contribution in [0.15, 0.2) is 58.1 Å². The molecule has 1 amide bonds. The van der Waals surface area contributed by atoms with Gasteiger partial charge in [0.15, 0.2) is 5.83 Å². The highest BCUT2D eigenvalue weighted by molar-refractivity contribution is 9.10. The molecular formula is C27H25BrClFN4O2. The molecule has 9 heteroatoms. The third-order valence-electron chi connectivity index (χ3n) is 6.51. The number of anilines is 1. The van der Waals surface area contributed by atoms with E-state index in [1.54, 1.807) is 16.7 Å². The third-order valence-corrected chi connectivity index (χ3v) is 7.71. The Labute approximate surface area is 222 Å². The first-order chi connectivity index (χ1) is 17.1. The Kier molecular flexibility index (Phi) is 7.26. The van der Waals surface area contributed by atoms with Crippen LogP contribution in [0.3, 0.4) is 0 Å². The molecule has 6 nitrogen and oxygen atoms in total. The van der Waals surface area contributed by atoms with Gasteiger partial charge < -0.3 is 9.80 Å². The van der Waals surface area contributed by atoms with E-state index in [9.17, 15) is 14.0 Å². The van der Waals surface area contributed by atoms with Gasteiger partial charge in [-0.1, -0.05) is 50.2 Å². The van der Waals surface area contributed by atoms with Crippen LogP contribution in [0.1, 0.15) is 32.3 Å². The number of carbonyl (C=O) groups excluding carboxylic acids is 1. The molecule has 1 atom stereocenters. The van der Waals surface area contributed by atoms with Crippen LogP contribution in [-0.4, -0.2) is 41.1 Å². The first-order valence-electron chi connectivity index (χ1n) is 11.5. The van der Waals surface area contributed by atoms with E-state index in [0.717, 1.165) is 5.56 Å². The Hall–Kier alpha value is -3.15. The first kappa shape index (κ1) is 25.9. The maximum absolute atomic E-state index is 14.0. The molecule has 186 valence electrons. The number of hydrogen-bond acceptors (Lipinski definition) is 3. The van der Waals surface area contributed by atoms with E-state index >= 15 is 0 Å². The van der Waals surface area contributed by atoms with E-state index in [1.165, 1.54) is 4.90 Å². The highest BCUT2D eigenvalue weighted by Gasteiger charge is 2.32. The van der Waals surface area contributed by atoms with Gasteiger partial charge in [0.25, 0.3) is 17.2 Å². The molecule has 3 aromatic rings. The van der Waals surface area contributed by atoms with Crippen molar-refractivity contribution in [1.29, 1.82) is 0 Å². The molecule has 2 heterocycles. The number of amides is 1. The van der Waals surface area contributed by atoms with E-state index in [2.05, 4.69) is 41.2 Å². The molecule has 1 fully saturated rings. The number of benzene rings is 2. The van der Waals surface area contributed by atoms with Crippen molar-refractivity contribution in [3.8, 4) is 5.69 Å². The predicted molar refractivity (Wildman–Crippen MR) is 146 cm³/mol. The summed E-state index contributed by atoms with van der Waals surface area (Å²) < 4.78 is 15.7. The number of halogens is 3. The van der Waals surface area contributed by atoms with Crippen LogP contribution in [0.2, 0.25) is 5.02 Å². The van der Waals surface area contributed by atoms with E-state index in [1.807, 2.05) is 36.1 Å². The van der Waals surface area contributed by atoms with E-state index in [4.69, 9.17) is 18.2 Å². The van der Waals surface area contributed by atoms with Crippen LogP contribution in [0, 0.1) is 6.57 Å². The number of fused-ring (bicyclic) bond motifs is 1. The minimum atomic E-state index is -1.01. The molecule has 0 unspecified atom stereocenters. The van der Waals surface area contributed by atoms with Crippen molar-refractivity contribution >= 4 is 55.7 Å². The van der Waals surface area contributed by atoms with Gasteiger partial charge in [0.05, 0.1) is 28.5 Å². The Bertz CT molecular complexity index is 1490. The average molecular weight is 572 g/mol. The van der Waals surface area contributed by atoms with Crippen LogP contribution in [0.5, 0.6) is 0 Å². The van der Waals surface area contributed by atoms with E-state index in [0.29, 0.717) is 38.3 Å². The van der Waals surface area contributed by atoms with Gasteiger partial charge in [0.2, 0.25) is 0 Å². The van der Waals surface area contributed by atoms with Crippen molar-refractivity contribution in [2.24, 2.45) is 0 Å². The minimum absolute atomic E-state index is 0.0269. The second-order valence-corrected chi connectivity index (χ2v) is 10.4. The smallest absolute Gasteiger partial charge is 0.282 e. The summed E-state index contributed by atoms with van der Waals surface area (Å²) in [5.41, 5.74) is 2.30. The lowest BCUT2D eigenvalue weighted by Gasteiger charge is -2.42. The van der Waals surface area contributed by atoms with Crippen LogP contribution >= 0.6 is 27.5 Å². The molecule has 2 aromatic carbocycles. The summed E-state index contributed by atoms with van der Waals surface area (Å²) >= 11 is 10.0. The monoisotopic (exact) mass is 570 g/mol. The molecular weight excluding hydrogens is 547 g/mol. The van der Waals surface area contributed by atoms with Gasteiger partial charge in [-0.05, 0) is 52.5 Å². The molecule has 0 radical (unpaired) electrons. The summed E-state index contributed by atoms with van der Waals surface area (Å²) in [4.78, 5) is 33.1. The van der Waals surface area contributed by atoms with Crippen molar-refractivity contribution in [1.82, 2.24) is 9.47 Å². The van der Waals surface area contributed by atoms with E-state index < -0.39 is 17.3 Å². The van der Waals surface area contributed by atoms with Gasteiger partial charge in [0, 0.05) is 35.5 Å². The standard InChI is InChI=1S/C27H25BrClFN4O2/c1-15(2)18-8-6-7-9-22(18)34-23-13-20(28)21(29)12-19(23)25(24(31-5)27(34)36)33-11-10-32(14-16(33)3)26(35)17(4)30/h6-9,12-13,15-16H,4,10-11,14H2,1-3H3/t16-/m0/s1. The number of pyridine rings is 1. The van der Waals surface area contributed by atoms with Gasteiger partial charge in [-0.3, -0.25) is 14.2 Å². The molecule has 0 N–H and O–H groups in total. The van der Waals surface area contributed by atoms with Gasteiger partial charge in [0.1, 0.15) is 0 Å². The zero-order chi connectivity index (χ0) is 26.3. The quantitative estimate of drug-likeness (QED) is 0.262. The second kappa shape index (κ2) is 10.1. The summed E-state index contributed by atoms with van der Waals surface area (Å²) in [7, 11) is 0. The summed E-state index contributed by atoms with van der Waals surface area (Å²) in [6.07, 6.45) is 0. The molecule has 1 aliphatic heterocycles. The van der Waals surface area contributed by atoms with Gasteiger partial charge in [-0.25, -0.2) is 9.24 Å². The summed E-state index contributed by atoms with van der Waals surface area (Å²) in [6, 6.07) is 10.9. The molecule has 4 rings (SSSR count). The van der Waals surface area contributed by atoms with Crippen molar-refractivity contribution in [2.45, 2.75) is 32.7 Å². The second-order valence-electron chi connectivity index (χ2n) is 9.15. The number of rotatable bonds is 4. The number of hydrogen-bond donors (Lipinski definition) is 0. The van der Waals surface area contributed by atoms with Crippen LogP contribution in [0.4, 0.5) is 15.8 Å². The van der Waals surface area contributed by atoms with Crippen LogP contribution < -0.4 is 10.5 Å². The van der Waals surface area contributed by atoms with Gasteiger partial charge >= 0.3 is 0 Å². The maximum atomic E-state index is 14.0. The topological polar surface area (TPSA) is 49.9 Å². The van der Waals surface area contributed by atoms with Crippen molar-refractivity contribution in [3.63, 3.8) is 0 Å². The molecule has 1 saturated heterocycles. The van der Waals surface area contributed by atoms with Crippen molar-refractivity contribution < 1.29 is 9.18 Å². The Balaban J connectivity index is 2.01. The van der Waals surface area contributed by atoms with Crippen molar-refractivity contribution in [2.75, 3.05) is 24.5 Å². The number of piperazine rings is 1. The molecule has 0 aliphatic carbocycles. The number of para-hydroxylation sites is 1. The lowest BCUT2D eigenvalue weighted by atomic mass is 10.00. The Morgan fingerprint density at radius 3 is 2.58 bits per heavy atom. The lowest BCUT2D eigenvalue weighted by molar-refractivity contribution is -0.129. The van der Waals surface area contributed by atoms with Gasteiger partial charge in [-0.2, -0.15) is 0 Å². The van der Waals surface area contributed by atoms with Crippen molar-refractivity contribution in [3.05, 3.63) is 85.6 Å². The largest absolute Gasteiger partial charge is 0.373 e. The average Bonchev–Trinajstić information content (AvgIpc) is 2.84. The zero-order valence-corrected chi connectivity index (χ0v) is 22.5. The fraction of sp³-hybridized carbons (Fsp3) is 0.296. The first-order valence-corrected chi connectivity index (χ1v) is 12.7. The summed E-state index contributed by atoms with van der Waals surface area (Å²) in [5.74, 6) is -1.61. The fourth-order valence-corrected chi connectivity index (χ4v) is 5.31. The van der Waals surface area contributed by atoms with Crippen LogP contribution in [0.25, 0.3) is 21.4 Å². The molecule has 0 bridgehead atoms. The summed E-state index contributed by atoms with van der Waals surface area (Å²) in [6.45, 7) is 17.8. The maximum Gasteiger partial charge on any atom is 0.282 e. The zero-order valence-electron chi connectivity index (χ0n) is 20.2. The number of nitrogens with zero attached hydrogens (tertiary/aromatic N) is 4. The molecule has 36 heavy (non-hydrogen) atoms. The lowest BCUT2D eigenvalue weighted by Crippen LogP contribution is -2.54. The predicted octanol–water partition coefficient (Wildman–Crippen LogP) is 6.60. The highest BCUT2D eigenvalue weighted by Crippen LogP contribution is 2.41. The SMILES string of the molecule is [C-]#[N+]c1c(N2CCN(C(=O)C(=C)F)C[C@@H]2C)c2cc(Cl)c(Br)cc2n(-c2ccccc2C(C)C)c1=O. The minimum Gasteiger partial charge on any atom is -0.373 e. The molecule has 0 spiro atoms. The third kappa shape index (κ3) is 4.42. The number of carbonyl (C=O) groups is 1. The normalized spacial score (nSPS) is 15.9. The van der Waals surface area contributed by atoms with Crippen LogP contribution in [-0.2, 0) is 4.79 Å². The van der Waals surface area contributed by atoms with Gasteiger partial charge in [-0.15, -0.1) is 0 Å². The van der Waals surface area contributed by atoms with E-state index in [-0.39, 0.29) is 30.7 Å². The summed E-state index contributed by atoms with van der Waals surface area (Å²) in [5, 5.41) is 1.09.